The third-order valence-electron chi connectivity index (χ3n) is 3.84. The van der Waals surface area contributed by atoms with Crippen molar-refractivity contribution in [3.05, 3.63) is 0 Å². The minimum absolute atomic E-state index is 0.364. The Morgan fingerprint density at radius 3 is 2.16 bits per heavy atom. The van der Waals surface area contributed by atoms with Gasteiger partial charge in [-0.25, -0.2) is 4.79 Å². The summed E-state index contributed by atoms with van der Waals surface area (Å²) >= 11 is 0. The predicted octanol–water partition coefficient (Wildman–Crippen LogP) is 1.10. The Hall–Kier alpha value is -1.59. The molecule has 0 aromatic carbocycles. The molecule has 0 aromatic heterocycles. The van der Waals surface area contributed by atoms with E-state index in [0.29, 0.717) is 12.8 Å². The fraction of sp³-hybridized carbons (Fsp3) is 0.769. The van der Waals surface area contributed by atoms with Gasteiger partial charge in [0.2, 0.25) is 5.91 Å². The molecule has 0 spiro atoms. The summed E-state index contributed by atoms with van der Waals surface area (Å²) in [4.78, 5) is 34.0. The summed E-state index contributed by atoms with van der Waals surface area (Å²) < 4.78 is 0. The third-order valence-corrected chi connectivity index (χ3v) is 3.84. The Bertz CT molecular complexity index is 390. The largest absolute Gasteiger partial charge is 0.481 e. The lowest BCUT2D eigenvalue weighted by atomic mass is 10.1. The van der Waals surface area contributed by atoms with E-state index >= 15 is 0 Å². The van der Waals surface area contributed by atoms with E-state index in [9.17, 15) is 14.4 Å². The molecule has 0 aromatic rings. The molecule has 6 nitrogen and oxygen atoms in total. The van der Waals surface area contributed by atoms with Crippen LogP contribution in [-0.4, -0.2) is 34.1 Å². The van der Waals surface area contributed by atoms with Crippen LogP contribution in [-0.2, 0) is 14.4 Å². The molecule has 1 saturated carbocycles. The standard InChI is InChI=1S/C13H21NO5/c1-4-5-6-7(11(16)17)14-10(15)8-9(12(18)19)13(8,2)3/h7-9H,4-6H2,1-3H3,(H,14,15)(H,16,17)(H,18,19)/t7?,8-,9+/m0/s1. The van der Waals surface area contributed by atoms with Crippen LogP contribution in [0.2, 0.25) is 0 Å². The molecule has 1 amide bonds. The van der Waals surface area contributed by atoms with Crippen molar-refractivity contribution in [2.75, 3.05) is 0 Å². The highest BCUT2D eigenvalue weighted by molar-refractivity contribution is 5.93. The van der Waals surface area contributed by atoms with E-state index in [2.05, 4.69) is 5.32 Å². The molecule has 0 bridgehead atoms. The van der Waals surface area contributed by atoms with Gasteiger partial charge >= 0.3 is 11.9 Å². The van der Waals surface area contributed by atoms with E-state index in [4.69, 9.17) is 10.2 Å². The normalized spacial score (nSPS) is 25.4. The summed E-state index contributed by atoms with van der Waals surface area (Å²) in [6.07, 6.45) is 1.91. The van der Waals surface area contributed by atoms with Gasteiger partial charge in [0.05, 0.1) is 11.8 Å². The molecule has 1 fully saturated rings. The second-order valence-corrected chi connectivity index (χ2v) is 5.66. The predicted molar refractivity (Wildman–Crippen MR) is 67.5 cm³/mol. The van der Waals surface area contributed by atoms with Crippen molar-refractivity contribution in [2.45, 2.75) is 46.1 Å². The molecule has 3 atom stereocenters. The second-order valence-electron chi connectivity index (χ2n) is 5.66. The number of unbranched alkanes of at least 4 members (excludes halogenated alkanes) is 1. The number of carbonyl (C=O) groups is 3. The van der Waals surface area contributed by atoms with Gasteiger partial charge in [0.1, 0.15) is 6.04 Å². The van der Waals surface area contributed by atoms with Crippen LogP contribution < -0.4 is 5.32 Å². The zero-order valence-corrected chi connectivity index (χ0v) is 11.5. The minimum Gasteiger partial charge on any atom is -0.481 e. The molecule has 6 heteroatoms. The van der Waals surface area contributed by atoms with E-state index < -0.39 is 41.1 Å². The summed E-state index contributed by atoms with van der Waals surface area (Å²) in [7, 11) is 0. The summed E-state index contributed by atoms with van der Waals surface area (Å²) in [6, 6.07) is -0.932. The Morgan fingerprint density at radius 1 is 1.21 bits per heavy atom. The van der Waals surface area contributed by atoms with Gasteiger partial charge < -0.3 is 15.5 Å². The first kappa shape index (κ1) is 15.5. The average molecular weight is 271 g/mol. The van der Waals surface area contributed by atoms with E-state index in [0.717, 1.165) is 6.42 Å². The van der Waals surface area contributed by atoms with E-state index in [1.807, 2.05) is 6.92 Å². The SMILES string of the molecule is CCCCC(NC(=O)[C@@H]1[C@H](C(=O)O)C1(C)C)C(=O)O. The highest BCUT2D eigenvalue weighted by Crippen LogP contribution is 2.58. The molecule has 3 N–H and O–H groups in total. The Balaban J connectivity index is 2.64. The first-order valence-corrected chi connectivity index (χ1v) is 6.49. The first-order valence-electron chi connectivity index (χ1n) is 6.49. The van der Waals surface area contributed by atoms with Crippen molar-refractivity contribution >= 4 is 17.8 Å². The summed E-state index contributed by atoms with van der Waals surface area (Å²) in [5, 5.41) is 20.5. The van der Waals surface area contributed by atoms with Crippen LogP contribution in [0.4, 0.5) is 0 Å². The lowest BCUT2D eigenvalue weighted by Gasteiger charge is -2.14. The van der Waals surface area contributed by atoms with E-state index in [1.165, 1.54) is 0 Å². The monoisotopic (exact) mass is 271 g/mol. The number of carboxylic acid groups (broad SMARTS) is 2. The van der Waals surface area contributed by atoms with Crippen molar-refractivity contribution < 1.29 is 24.6 Å². The highest BCUT2D eigenvalue weighted by atomic mass is 16.4. The van der Waals surface area contributed by atoms with Crippen LogP contribution in [0, 0.1) is 17.3 Å². The van der Waals surface area contributed by atoms with Gasteiger partial charge in [-0.2, -0.15) is 0 Å². The van der Waals surface area contributed by atoms with Gasteiger partial charge in [0.15, 0.2) is 0 Å². The summed E-state index contributed by atoms with van der Waals surface area (Å²) in [5.74, 6) is -3.93. The van der Waals surface area contributed by atoms with Crippen molar-refractivity contribution in [1.82, 2.24) is 5.32 Å². The molecule has 0 radical (unpaired) electrons. The molecule has 0 saturated heterocycles. The Kier molecular flexibility index (Phi) is 4.55. The van der Waals surface area contributed by atoms with Gasteiger partial charge in [-0.05, 0) is 11.8 Å². The highest BCUT2D eigenvalue weighted by Gasteiger charge is 2.66. The third kappa shape index (κ3) is 3.24. The van der Waals surface area contributed by atoms with Crippen LogP contribution in [0.5, 0.6) is 0 Å². The van der Waals surface area contributed by atoms with Crippen LogP contribution in [0.3, 0.4) is 0 Å². The molecule has 1 aliphatic carbocycles. The van der Waals surface area contributed by atoms with Crippen LogP contribution in [0.15, 0.2) is 0 Å². The molecule has 1 unspecified atom stereocenters. The zero-order chi connectivity index (χ0) is 14.8. The van der Waals surface area contributed by atoms with Crippen molar-refractivity contribution in [2.24, 2.45) is 17.3 Å². The molecule has 0 aliphatic heterocycles. The molecular weight excluding hydrogens is 250 g/mol. The van der Waals surface area contributed by atoms with Gasteiger partial charge in [0.25, 0.3) is 0 Å². The van der Waals surface area contributed by atoms with Crippen LogP contribution in [0.1, 0.15) is 40.0 Å². The molecule has 1 rings (SSSR count). The fourth-order valence-corrected chi connectivity index (χ4v) is 2.52. The van der Waals surface area contributed by atoms with Gasteiger partial charge in [-0.3, -0.25) is 9.59 Å². The number of hydrogen-bond donors (Lipinski definition) is 3. The van der Waals surface area contributed by atoms with E-state index in [-0.39, 0.29) is 0 Å². The minimum atomic E-state index is -1.08. The Morgan fingerprint density at radius 2 is 1.79 bits per heavy atom. The maximum absolute atomic E-state index is 12.0. The molecule has 0 heterocycles. The fourth-order valence-electron chi connectivity index (χ4n) is 2.52. The maximum atomic E-state index is 12.0. The summed E-state index contributed by atoms with van der Waals surface area (Å²) in [6.45, 7) is 5.35. The number of carboxylic acids is 2. The lowest BCUT2D eigenvalue weighted by Crippen LogP contribution is -2.42. The van der Waals surface area contributed by atoms with Gasteiger partial charge in [-0.1, -0.05) is 33.6 Å². The van der Waals surface area contributed by atoms with Crippen LogP contribution >= 0.6 is 0 Å². The molecule has 1 aliphatic rings. The van der Waals surface area contributed by atoms with Gasteiger partial charge in [-0.15, -0.1) is 0 Å². The first-order chi connectivity index (χ1) is 8.73. The molecule has 19 heavy (non-hydrogen) atoms. The zero-order valence-electron chi connectivity index (χ0n) is 11.5. The number of carbonyl (C=O) groups excluding carboxylic acids is 1. The summed E-state index contributed by atoms with van der Waals surface area (Å²) in [5.41, 5.74) is -0.607. The quantitative estimate of drug-likeness (QED) is 0.643. The number of nitrogens with one attached hydrogen (secondary N) is 1. The Labute approximate surface area is 112 Å². The average Bonchev–Trinajstić information content (AvgIpc) is 2.87. The number of hydrogen-bond acceptors (Lipinski definition) is 3. The molecule has 108 valence electrons. The van der Waals surface area contributed by atoms with Crippen molar-refractivity contribution in [3.63, 3.8) is 0 Å². The van der Waals surface area contributed by atoms with Crippen LogP contribution in [0.25, 0.3) is 0 Å². The number of amides is 1. The second kappa shape index (κ2) is 5.59. The van der Waals surface area contributed by atoms with E-state index in [1.54, 1.807) is 13.8 Å². The molecular formula is C13H21NO5. The van der Waals surface area contributed by atoms with Gasteiger partial charge in [0, 0.05) is 0 Å². The van der Waals surface area contributed by atoms with Crippen molar-refractivity contribution in [3.8, 4) is 0 Å². The maximum Gasteiger partial charge on any atom is 0.326 e. The smallest absolute Gasteiger partial charge is 0.326 e. The topological polar surface area (TPSA) is 104 Å². The lowest BCUT2D eigenvalue weighted by molar-refractivity contribution is -0.142. The number of aliphatic carboxylic acids is 2. The number of rotatable bonds is 7. The van der Waals surface area contributed by atoms with Crippen molar-refractivity contribution in [1.29, 1.82) is 0 Å².